The fourth-order valence-corrected chi connectivity index (χ4v) is 2.87. The Morgan fingerprint density at radius 2 is 1.88 bits per heavy atom. The van der Waals surface area contributed by atoms with Crippen molar-refractivity contribution >= 4 is 11.6 Å². The van der Waals surface area contributed by atoms with Crippen molar-refractivity contribution in [1.82, 2.24) is 29.9 Å². The second kappa shape index (κ2) is 7.15. The van der Waals surface area contributed by atoms with Gasteiger partial charge in [-0.1, -0.05) is 11.6 Å². The number of rotatable bonds is 6. The summed E-state index contributed by atoms with van der Waals surface area (Å²) >= 11 is 5.96. The van der Waals surface area contributed by atoms with Crippen LogP contribution >= 0.6 is 11.6 Å². The first-order valence-electron chi connectivity index (χ1n) is 7.98. The van der Waals surface area contributed by atoms with Crippen molar-refractivity contribution in [2.75, 3.05) is 0 Å². The molecule has 0 saturated heterocycles. The molecule has 0 bridgehead atoms. The van der Waals surface area contributed by atoms with Gasteiger partial charge in [0.25, 0.3) is 0 Å². The first kappa shape index (κ1) is 16.7. The van der Waals surface area contributed by atoms with Crippen LogP contribution in [0.3, 0.4) is 0 Å². The van der Waals surface area contributed by atoms with Crippen LogP contribution < -0.4 is 5.32 Å². The van der Waals surface area contributed by atoms with Crippen molar-refractivity contribution in [2.45, 2.75) is 40.4 Å². The molecule has 1 N–H and O–H groups in total. The van der Waals surface area contributed by atoms with Gasteiger partial charge in [0, 0.05) is 29.4 Å². The van der Waals surface area contributed by atoms with Crippen LogP contribution in [0, 0.1) is 13.8 Å². The van der Waals surface area contributed by atoms with Crippen LogP contribution in [0.25, 0.3) is 5.69 Å². The number of halogens is 1. The van der Waals surface area contributed by atoms with Crippen LogP contribution in [0.15, 0.2) is 30.6 Å². The molecule has 6 nitrogen and oxygen atoms in total. The monoisotopic (exact) mass is 344 g/mol. The third-order valence-corrected chi connectivity index (χ3v) is 4.39. The van der Waals surface area contributed by atoms with Crippen LogP contribution in [0.5, 0.6) is 0 Å². The van der Waals surface area contributed by atoms with E-state index >= 15 is 0 Å². The predicted molar refractivity (Wildman–Crippen MR) is 94.3 cm³/mol. The Bertz CT molecular complexity index is 818. The van der Waals surface area contributed by atoms with Crippen molar-refractivity contribution in [2.24, 2.45) is 0 Å². The Kier molecular flexibility index (Phi) is 4.97. The van der Waals surface area contributed by atoms with Crippen molar-refractivity contribution in [3.63, 3.8) is 0 Å². The maximum atomic E-state index is 5.96. The molecule has 0 saturated carbocycles. The van der Waals surface area contributed by atoms with E-state index < -0.39 is 0 Å². The van der Waals surface area contributed by atoms with Crippen molar-refractivity contribution in [3.05, 3.63) is 58.4 Å². The van der Waals surface area contributed by atoms with E-state index in [1.54, 1.807) is 6.33 Å². The van der Waals surface area contributed by atoms with Crippen molar-refractivity contribution < 1.29 is 0 Å². The molecule has 0 aliphatic rings. The lowest BCUT2D eigenvalue weighted by atomic mass is 10.2. The molecule has 1 aromatic carbocycles. The molecule has 2 heterocycles. The minimum Gasteiger partial charge on any atom is -0.317 e. The van der Waals surface area contributed by atoms with Crippen molar-refractivity contribution in [3.8, 4) is 5.69 Å². The number of nitrogens with one attached hydrogen (secondary N) is 1. The molecule has 0 unspecified atom stereocenters. The molecule has 2 aromatic heterocycles. The highest BCUT2D eigenvalue weighted by molar-refractivity contribution is 6.30. The zero-order valence-electron chi connectivity index (χ0n) is 14.1. The summed E-state index contributed by atoms with van der Waals surface area (Å²) in [5.41, 5.74) is 4.36. The standard InChI is InChI=1S/C17H21ClN6/c1-4-23-11-20-21-17(23)10-19-9-16-12(2)22-24(13(16)3)15-7-5-14(18)6-8-15/h5-8,11,19H,4,9-10H2,1-3H3. The summed E-state index contributed by atoms with van der Waals surface area (Å²) in [4.78, 5) is 0. The first-order chi connectivity index (χ1) is 11.6. The molecule has 0 aliphatic heterocycles. The van der Waals surface area contributed by atoms with Crippen LogP contribution in [-0.2, 0) is 19.6 Å². The van der Waals surface area contributed by atoms with Gasteiger partial charge in [0.1, 0.15) is 12.2 Å². The quantitative estimate of drug-likeness (QED) is 0.746. The van der Waals surface area contributed by atoms with Crippen molar-refractivity contribution in [1.29, 1.82) is 0 Å². The lowest BCUT2D eigenvalue weighted by molar-refractivity contribution is 0.610. The molecule has 0 radical (unpaired) electrons. The Labute approximate surface area is 146 Å². The molecule has 3 aromatic rings. The van der Waals surface area contributed by atoms with E-state index in [2.05, 4.69) is 34.5 Å². The lowest BCUT2D eigenvalue weighted by Gasteiger charge is -2.07. The molecule has 3 rings (SSSR count). The average molecular weight is 345 g/mol. The van der Waals surface area contributed by atoms with Crippen LogP contribution in [0.1, 0.15) is 29.7 Å². The minimum atomic E-state index is 0.679. The predicted octanol–water partition coefficient (Wildman–Crippen LogP) is 3.04. The molecule has 7 heteroatoms. The second-order valence-electron chi connectivity index (χ2n) is 5.67. The molecular formula is C17H21ClN6. The summed E-state index contributed by atoms with van der Waals surface area (Å²) in [5.74, 6) is 0.942. The van der Waals surface area contributed by atoms with E-state index in [0.29, 0.717) is 6.54 Å². The maximum absolute atomic E-state index is 5.96. The van der Waals surface area contributed by atoms with Crippen LogP contribution in [0.4, 0.5) is 0 Å². The normalized spacial score (nSPS) is 11.2. The number of hydrogen-bond acceptors (Lipinski definition) is 4. The van der Waals surface area contributed by atoms with E-state index in [-0.39, 0.29) is 0 Å². The summed E-state index contributed by atoms with van der Waals surface area (Å²) < 4.78 is 3.99. The minimum absolute atomic E-state index is 0.679. The molecule has 0 amide bonds. The van der Waals surface area contributed by atoms with Crippen LogP contribution in [0.2, 0.25) is 5.02 Å². The van der Waals surface area contributed by atoms with Gasteiger partial charge in [0.2, 0.25) is 0 Å². The van der Waals surface area contributed by atoms with Gasteiger partial charge in [0.15, 0.2) is 0 Å². The molecule has 0 spiro atoms. The summed E-state index contributed by atoms with van der Waals surface area (Å²) in [6.45, 7) is 8.49. The van der Waals surface area contributed by atoms with E-state index in [0.717, 1.165) is 41.0 Å². The lowest BCUT2D eigenvalue weighted by Crippen LogP contribution is -2.17. The molecule has 0 aliphatic carbocycles. The van der Waals surface area contributed by atoms with Gasteiger partial charge in [-0.25, -0.2) is 4.68 Å². The fourth-order valence-electron chi connectivity index (χ4n) is 2.74. The second-order valence-corrected chi connectivity index (χ2v) is 6.11. The van der Waals surface area contributed by atoms with Gasteiger partial charge in [-0.3, -0.25) is 0 Å². The molecule has 126 valence electrons. The summed E-state index contributed by atoms with van der Waals surface area (Å²) in [7, 11) is 0. The highest BCUT2D eigenvalue weighted by Gasteiger charge is 2.13. The number of hydrogen-bond donors (Lipinski definition) is 1. The van der Waals surface area contributed by atoms with Crippen LogP contribution in [-0.4, -0.2) is 24.5 Å². The number of aryl methyl sites for hydroxylation is 2. The third-order valence-electron chi connectivity index (χ3n) is 4.13. The molecular weight excluding hydrogens is 324 g/mol. The van der Waals surface area contributed by atoms with Gasteiger partial charge >= 0.3 is 0 Å². The first-order valence-corrected chi connectivity index (χ1v) is 8.36. The molecule has 24 heavy (non-hydrogen) atoms. The Hall–Kier alpha value is -2.18. The SMILES string of the molecule is CCn1cnnc1CNCc1c(C)nn(-c2ccc(Cl)cc2)c1C. The van der Waals surface area contributed by atoms with Gasteiger partial charge in [0.05, 0.1) is 17.9 Å². The Morgan fingerprint density at radius 1 is 1.12 bits per heavy atom. The van der Waals surface area contributed by atoms with Gasteiger partial charge in [-0.15, -0.1) is 10.2 Å². The molecule has 0 fully saturated rings. The Balaban J connectivity index is 1.73. The van der Waals surface area contributed by atoms with E-state index in [1.165, 1.54) is 5.56 Å². The summed E-state index contributed by atoms with van der Waals surface area (Å²) in [5, 5.41) is 16.9. The van der Waals surface area contributed by atoms with Gasteiger partial charge in [-0.05, 0) is 45.0 Å². The maximum Gasteiger partial charge on any atom is 0.146 e. The van der Waals surface area contributed by atoms with E-state index in [4.69, 9.17) is 11.6 Å². The zero-order chi connectivity index (χ0) is 17.1. The largest absolute Gasteiger partial charge is 0.317 e. The molecule has 0 atom stereocenters. The van der Waals surface area contributed by atoms with Gasteiger partial charge in [-0.2, -0.15) is 5.10 Å². The van der Waals surface area contributed by atoms with E-state index in [1.807, 2.05) is 40.4 Å². The number of benzene rings is 1. The number of nitrogens with zero attached hydrogens (tertiary/aromatic N) is 5. The highest BCUT2D eigenvalue weighted by atomic mass is 35.5. The van der Waals surface area contributed by atoms with Gasteiger partial charge < -0.3 is 9.88 Å². The van der Waals surface area contributed by atoms with E-state index in [9.17, 15) is 0 Å². The third kappa shape index (κ3) is 3.34. The highest BCUT2D eigenvalue weighted by Crippen LogP contribution is 2.19. The number of aromatic nitrogens is 5. The summed E-state index contributed by atoms with van der Waals surface area (Å²) in [6.07, 6.45) is 1.76. The average Bonchev–Trinajstić information content (AvgIpc) is 3.14. The Morgan fingerprint density at radius 3 is 2.58 bits per heavy atom. The summed E-state index contributed by atoms with van der Waals surface area (Å²) in [6, 6.07) is 7.71. The smallest absolute Gasteiger partial charge is 0.146 e. The topological polar surface area (TPSA) is 60.6 Å². The zero-order valence-corrected chi connectivity index (χ0v) is 14.9. The fraction of sp³-hybridized carbons (Fsp3) is 0.353.